The molecule has 0 aromatic rings. The van der Waals surface area contributed by atoms with Gasteiger partial charge in [-0.3, -0.25) is 14.5 Å². The predicted octanol–water partition coefficient (Wildman–Crippen LogP) is 1.23. The Hall–Kier alpha value is -1.10. The van der Waals surface area contributed by atoms with E-state index in [4.69, 9.17) is 5.11 Å². The second-order valence-electron chi connectivity index (χ2n) is 5.14. The van der Waals surface area contributed by atoms with Gasteiger partial charge in [0.15, 0.2) is 0 Å². The summed E-state index contributed by atoms with van der Waals surface area (Å²) < 4.78 is 0. The van der Waals surface area contributed by atoms with Crippen molar-refractivity contribution in [3.8, 4) is 0 Å². The quantitative estimate of drug-likeness (QED) is 0.750. The molecule has 0 heterocycles. The molecule has 5 heteroatoms. The molecular formula is C13H24N2O3. The van der Waals surface area contributed by atoms with Crippen molar-refractivity contribution in [2.24, 2.45) is 0 Å². The molecule has 18 heavy (non-hydrogen) atoms. The van der Waals surface area contributed by atoms with E-state index in [-0.39, 0.29) is 18.4 Å². The van der Waals surface area contributed by atoms with Crippen molar-refractivity contribution < 1.29 is 14.7 Å². The second kappa shape index (κ2) is 7.36. The molecule has 1 unspecified atom stereocenters. The number of carbonyl (C=O) groups is 2. The van der Waals surface area contributed by atoms with Crippen LogP contribution in [0.25, 0.3) is 0 Å². The number of carboxylic acids is 1. The minimum atomic E-state index is -0.832. The zero-order valence-corrected chi connectivity index (χ0v) is 11.3. The molecule has 1 rings (SSSR count). The van der Waals surface area contributed by atoms with Gasteiger partial charge in [-0.25, -0.2) is 0 Å². The number of amides is 1. The molecule has 1 aliphatic carbocycles. The lowest BCUT2D eigenvalue weighted by atomic mass is 9.95. The summed E-state index contributed by atoms with van der Waals surface area (Å²) in [4.78, 5) is 24.3. The SMILES string of the molecule is CC(C(=O)NC1CCCCC1)N(C)CCC(=O)O. The van der Waals surface area contributed by atoms with Gasteiger partial charge in [0.05, 0.1) is 12.5 Å². The van der Waals surface area contributed by atoms with E-state index in [0.717, 1.165) is 12.8 Å². The first kappa shape index (κ1) is 15.0. The van der Waals surface area contributed by atoms with E-state index in [9.17, 15) is 9.59 Å². The molecule has 5 nitrogen and oxygen atoms in total. The molecule has 0 saturated heterocycles. The lowest BCUT2D eigenvalue weighted by Crippen LogP contribution is -2.47. The normalized spacial score (nSPS) is 18.6. The van der Waals surface area contributed by atoms with Gasteiger partial charge in [-0.2, -0.15) is 0 Å². The number of likely N-dealkylation sites (N-methyl/N-ethyl adjacent to an activating group) is 1. The van der Waals surface area contributed by atoms with Gasteiger partial charge in [-0.1, -0.05) is 19.3 Å². The zero-order valence-electron chi connectivity index (χ0n) is 11.3. The summed E-state index contributed by atoms with van der Waals surface area (Å²) in [6.45, 7) is 2.22. The zero-order chi connectivity index (χ0) is 13.5. The molecule has 1 saturated carbocycles. The molecule has 104 valence electrons. The topological polar surface area (TPSA) is 69.6 Å². The maximum Gasteiger partial charge on any atom is 0.304 e. The van der Waals surface area contributed by atoms with Gasteiger partial charge in [0.2, 0.25) is 5.91 Å². The van der Waals surface area contributed by atoms with Crippen molar-refractivity contribution in [1.29, 1.82) is 0 Å². The van der Waals surface area contributed by atoms with Crippen molar-refractivity contribution >= 4 is 11.9 Å². The van der Waals surface area contributed by atoms with Gasteiger partial charge >= 0.3 is 5.97 Å². The molecule has 0 aliphatic heterocycles. The van der Waals surface area contributed by atoms with Crippen LogP contribution < -0.4 is 5.32 Å². The smallest absolute Gasteiger partial charge is 0.304 e. The molecule has 0 aromatic carbocycles. The Morgan fingerprint density at radius 2 is 1.94 bits per heavy atom. The third-order valence-corrected chi connectivity index (χ3v) is 3.67. The average Bonchev–Trinajstić information content (AvgIpc) is 2.36. The highest BCUT2D eigenvalue weighted by Gasteiger charge is 2.22. The molecule has 0 radical (unpaired) electrons. The summed E-state index contributed by atoms with van der Waals surface area (Å²) in [6.07, 6.45) is 5.84. The van der Waals surface area contributed by atoms with E-state index in [1.165, 1.54) is 19.3 Å². The Kier molecular flexibility index (Phi) is 6.12. The molecule has 1 fully saturated rings. The monoisotopic (exact) mass is 256 g/mol. The molecule has 2 N–H and O–H groups in total. The highest BCUT2D eigenvalue weighted by atomic mass is 16.4. The number of nitrogens with zero attached hydrogens (tertiary/aromatic N) is 1. The summed E-state index contributed by atoms with van der Waals surface area (Å²) in [5.74, 6) is -0.823. The van der Waals surface area contributed by atoms with Crippen LogP contribution in [0.15, 0.2) is 0 Å². The first-order chi connectivity index (χ1) is 8.50. The van der Waals surface area contributed by atoms with E-state index in [2.05, 4.69) is 5.32 Å². The molecule has 0 spiro atoms. The van der Waals surface area contributed by atoms with Gasteiger partial charge in [-0.15, -0.1) is 0 Å². The van der Waals surface area contributed by atoms with E-state index >= 15 is 0 Å². The van der Waals surface area contributed by atoms with Crippen LogP contribution in [0.1, 0.15) is 45.4 Å². The van der Waals surface area contributed by atoms with Gasteiger partial charge in [0.1, 0.15) is 0 Å². The van der Waals surface area contributed by atoms with Crippen LogP contribution in [0.3, 0.4) is 0 Å². The first-order valence-corrected chi connectivity index (χ1v) is 6.73. The summed E-state index contributed by atoms with van der Waals surface area (Å²) in [5.41, 5.74) is 0. The third-order valence-electron chi connectivity index (χ3n) is 3.67. The number of hydrogen-bond acceptors (Lipinski definition) is 3. The van der Waals surface area contributed by atoms with Gasteiger partial charge < -0.3 is 10.4 Å². The Labute approximate surface area is 109 Å². The number of rotatable bonds is 6. The fourth-order valence-electron chi connectivity index (χ4n) is 2.23. The first-order valence-electron chi connectivity index (χ1n) is 6.73. The van der Waals surface area contributed by atoms with Crippen LogP contribution in [-0.4, -0.2) is 47.6 Å². The average molecular weight is 256 g/mol. The maximum absolute atomic E-state index is 12.0. The fraction of sp³-hybridized carbons (Fsp3) is 0.846. The van der Waals surface area contributed by atoms with Crippen LogP contribution in [0, 0.1) is 0 Å². The van der Waals surface area contributed by atoms with Crippen molar-refractivity contribution in [2.75, 3.05) is 13.6 Å². The highest BCUT2D eigenvalue weighted by molar-refractivity contribution is 5.81. The van der Waals surface area contributed by atoms with Crippen molar-refractivity contribution in [2.45, 2.75) is 57.5 Å². The van der Waals surface area contributed by atoms with Crippen LogP contribution in [0.4, 0.5) is 0 Å². The van der Waals surface area contributed by atoms with Gasteiger partial charge in [0, 0.05) is 12.6 Å². The number of carboxylic acid groups (broad SMARTS) is 1. The highest BCUT2D eigenvalue weighted by Crippen LogP contribution is 2.17. The van der Waals surface area contributed by atoms with Crippen molar-refractivity contribution in [3.05, 3.63) is 0 Å². The van der Waals surface area contributed by atoms with Crippen molar-refractivity contribution in [1.82, 2.24) is 10.2 Å². The van der Waals surface area contributed by atoms with E-state index in [0.29, 0.717) is 12.6 Å². The van der Waals surface area contributed by atoms with E-state index in [1.807, 2.05) is 6.92 Å². The van der Waals surface area contributed by atoms with E-state index in [1.54, 1.807) is 11.9 Å². The molecule has 1 amide bonds. The lowest BCUT2D eigenvalue weighted by molar-refractivity contribution is -0.138. The third kappa shape index (κ3) is 5.04. The molecular weight excluding hydrogens is 232 g/mol. The minimum absolute atomic E-state index is 0.00906. The summed E-state index contributed by atoms with van der Waals surface area (Å²) in [5, 5.41) is 11.7. The number of nitrogens with one attached hydrogen (secondary N) is 1. The number of aliphatic carboxylic acids is 1. The van der Waals surface area contributed by atoms with Crippen LogP contribution >= 0.6 is 0 Å². The maximum atomic E-state index is 12.0. The van der Waals surface area contributed by atoms with Crippen molar-refractivity contribution in [3.63, 3.8) is 0 Å². The number of hydrogen-bond donors (Lipinski definition) is 2. The largest absolute Gasteiger partial charge is 0.481 e. The fourth-order valence-corrected chi connectivity index (χ4v) is 2.23. The Morgan fingerprint density at radius 3 is 2.50 bits per heavy atom. The summed E-state index contributed by atoms with van der Waals surface area (Å²) in [7, 11) is 1.79. The standard InChI is InChI=1S/C13H24N2O3/c1-10(15(2)9-8-12(16)17)13(18)14-11-6-4-3-5-7-11/h10-11H,3-9H2,1-2H3,(H,14,18)(H,16,17). The Morgan fingerprint density at radius 1 is 1.33 bits per heavy atom. The van der Waals surface area contributed by atoms with Gasteiger partial charge in [-0.05, 0) is 26.8 Å². The van der Waals surface area contributed by atoms with E-state index < -0.39 is 5.97 Å². The summed E-state index contributed by atoms with van der Waals surface area (Å²) >= 11 is 0. The Balaban J connectivity index is 2.32. The van der Waals surface area contributed by atoms with Crippen LogP contribution in [0.5, 0.6) is 0 Å². The lowest BCUT2D eigenvalue weighted by Gasteiger charge is -2.28. The second-order valence-corrected chi connectivity index (χ2v) is 5.14. The van der Waals surface area contributed by atoms with Crippen LogP contribution in [-0.2, 0) is 9.59 Å². The molecule has 1 aliphatic rings. The minimum Gasteiger partial charge on any atom is -0.481 e. The Bertz CT molecular complexity index is 288. The molecule has 1 atom stereocenters. The molecule has 0 aromatic heterocycles. The van der Waals surface area contributed by atoms with Crippen LogP contribution in [0.2, 0.25) is 0 Å². The number of carbonyl (C=O) groups excluding carboxylic acids is 1. The summed E-state index contributed by atoms with van der Waals surface area (Å²) in [6, 6.07) is 0.0350. The molecule has 0 bridgehead atoms. The van der Waals surface area contributed by atoms with Gasteiger partial charge in [0.25, 0.3) is 0 Å². The predicted molar refractivity (Wildman–Crippen MR) is 69.4 cm³/mol.